The van der Waals surface area contributed by atoms with Crippen molar-refractivity contribution in [3.63, 3.8) is 0 Å². The van der Waals surface area contributed by atoms with Crippen LogP contribution in [0.15, 0.2) is 48.5 Å². The maximum absolute atomic E-state index is 12.7. The lowest BCUT2D eigenvalue weighted by Gasteiger charge is -2.39. The Hall–Kier alpha value is -2.82. The van der Waals surface area contributed by atoms with Crippen molar-refractivity contribution in [3.05, 3.63) is 65.2 Å². The average molecular weight is 395 g/mol. The number of hydrogen-bond acceptors (Lipinski definition) is 3. The number of hydrogen-bond donors (Lipinski definition) is 1. The summed E-state index contributed by atoms with van der Waals surface area (Å²) < 4.78 is 5.17. The summed E-state index contributed by atoms with van der Waals surface area (Å²) >= 11 is 0. The molecule has 0 saturated carbocycles. The Kier molecular flexibility index (Phi) is 6.91. The van der Waals surface area contributed by atoms with Gasteiger partial charge in [0.1, 0.15) is 5.75 Å². The van der Waals surface area contributed by atoms with Crippen LogP contribution in [0, 0.1) is 12.8 Å². The molecule has 1 saturated heterocycles. The van der Waals surface area contributed by atoms with Gasteiger partial charge in [-0.15, -0.1) is 0 Å². The van der Waals surface area contributed by atoms with E-state index in [2.05, 4.69) is 30.4 Å². The lowest BCUT2D eigenvalue weighted by Crippen LogP contribution is -2.46. The van der Waals surface area contributed by atoms with Crippen molar-refractivity contribution in [1.82, 2.24) is 10.2 Å². The predicted molar refractivity (Wildman–Crippen MR) is 114 cm³/mol. The standard InChI is InChI=1S/C24H30N2O3/c1-17-5-4-6-20(15-17)23-12-9-21(16-26(23)18(2)27)24(28)25-14-13-19-7-10-22(29-3)11-8-19/h4-8,10-11,15,21,23H,9,12-14,16H2,1-3H3,(H,25,28). The third kappa shape index (κ3) is 5.37. The van der Waals surface area contributed by atoms with Crippen LogP contribution in [0.2, 0.25) is 0 Å². The summed E-state index contributed by atoms with van der Waals surface area (Å²) in [4.78, 5) is 26.8. The first-order valence-electron chi connectivity index (χ1n) is 10.2. The van der Waals surface area contributed by atoms with Crippen molar-refractivity contribution in [2.45, 2.75) is 39.2 Å². The molecule has 2 atom stereocenters. The Balaban J connectivity index is 1.55. The van der Waals surface area contributed by atoms with Gasteiger partial charge in [0, 0.05) is 20.0 Å². The molecule has 1 heterocycles. The fraction of sp³-hybridized carbons (Fsp3) is 0.417. The highest BCUT2D eigenvalue weighted by Gasteiger charge is 2.34. The van der Waals surface area contributed by atoms with Gasteiger partial charge in [-0.1, -0.05) is 42.0 Å². The predicted octanol–water partition coefficient (Wildman–Crippen LogP) is 3.66. The zero-order valence-electron chi connectivity index (χ0n) is 17.5. The second kappa shape index (κ2) is 9.59. The van der Waals surface area contributed by atoms with E-state index in [0.29, 0.717) is 13.1 Å². The smallest absolute Gasteiger partial charge is 0.224 e. The van der Waals surface area contributed by atoms with Crippen LogP contribution in [0.1, 0.15) is 42.5 Å². The molecule has 0 bridgehead atoms. The minimum atomic E-state index is -0.157. The Morgan fingerprint density at radius 3 is 2.55 bits per heavy atom. The van der Waals surface area contributed by atoms with Crippen LogP contribution in [-0.2, 0) is 16.0 Å². The van der Waals surface area contributed by atoms with Crippen molar-refractivity contribution >= 4 is 11.8 Å². The highest BCUT2D eigenvalue weighted by atomic mass is 16.5. The first-order valence-corrected chi connectivity index (χ1v) is 10.2. The van der Waals surface area contributed by atoms with E-state index in [4.69, 9.17) is 4.74 Å². The maximum atomic E-state index is 12.7. The number of amides is 2. The number of carbonyl (C=O) groups excluding carboxylic acids is 2. The highest BCUT2D eigenvalue weighted by Crippen LogP contribution is 2.34. The first-order chi connectivity index (χ1) is 14.0. The number of piperidine rings is 1. The molecule has 2 unspecified atom stereocenters. The minimum Gasteiger partial charge on any atom is -0.497 e. The van der Waals surface area contributed by atoms with E-state index in [-0.39, 0.29) is 23.8 Å². The van der Waals surface area contributed by atoms with E-state index in [1.807, 2.05) is 35.2 Å². The highest BCUT2D eigenvalue weighted by molar-refractivity contribution is 5.81. The van der Waals surface area contributed by atoms with E-state index in [0.717, 1.165) is 36.1 Å². The summed E-state index contributed by atoms with van der Waals surface area (Å²) in [7, 11) is 1.65. The fourth-order valence-corrected chi connectivity index (χ4v) is 4.02. The number of benzene rings is 2. The van der Waals surface area contributed by atoms with Gasteiger partial charge in [0.15, 0.2) is 0 Å². The molecule has 1 fully saturated rings. The van der Waals surface area contributed by atoms with Crippen LogP contribution < -0.4 is 10.1 Å². The Labute approximate surface area is 173 Å². The van der Waals surface area contributed by atoms with Gasteiger partial charge in [-0.25, -0.2) is 0 Å². The number of ether oxygens (including phenoxy) is 1. The van der Waals surface area contributed by atoms with Gasteiger partial charge >= 0.3 is 0 Å². The van der Waals surface area contributed by atoms with Crippen molar-refractivity contribution in [3.8, 4) is 5.75 Å². The molecular weight excluding hydrogens is 364 g/mol. The van der Waals surface area contributed by atoms with Gasteiger partial charge in [-0.2, -0.15) is 0 Å². The Morgan fingerprint density at radius 2 is 1.90 bits per heavy atom. The van der Waals surface area contributed by atoms with Crippen LogP contribution in [0.25, 0.3) is 0 Å². The summed E-state index contributed by atoms with van der Waals surface area (Å²) in [5, 5.41) is 3.04. The monoisotopic (exact) mass is 394 g/mol. The van der Waals surface area contributed by atoms with Gasteiger partial charge < -0.3 is 15.0 Å². The van der Waals surface area contributed by atoms with Gasteiger partial charge in [-0.05, 0) is 49.4 Å². The second-order valence-corrected chi connectivity index (χ2v) is 7.76. The third-order valence-electron chi connectivity index (χ3n) is 5.66. The Bertz CT molecular complexity index is 847. The molecule has 5 nitrogen and oxygen atoms in total. The number of nitrogens with one attached hydrogen (secondary N) is 1. The summed E-state index contributed by atoms with van der Waals surface area (Å²) in [6.07, 6.45) is 2.36. The molecule has 1 N–H and O–H groups in total. The molecule has 2 amide bonds. The molecule has 0 spiro atoms. The van der Waals surface area contributed by atoms with Crippen molar-refractivity contribution in [2.24, 2.45) is 5.92 Å². The molecule has 3 rings (SSSR count). The molecule has 0 aliphatic carbocycles. The maximum Gasteiger partial charge on any atom is 0.224 e. The van der Waals surface area contributed by atoms with Crippen molar-refractivity contribution in [1.29, 1.82) is 0 Å². The lowest BCUT2D eigenvalue weighted by molar-refractivity contribution is -0.137. The van der Waals surface area contributed by atoms with Crippen LogP contribution in [0.3, 0.4) is 0 Å². The van der Waals surface area contributed by atoms with E-state index in [1.165, 1.54) is 5.56 Å². The normalized spacial score (nSPS) is 18.9. The zero-order valence-corrected chi connectivity index (χ0v) is 17.5. The number of methoxy groups -OCH3 is 1. The molecule has 1 aliphatic heterocycles. The first kappa shape index (κ1) is 20.9. The van der Waals surface area contributed by atoms with E-state index >= 15 is 0 Å². The number of nitrogens with zero attached hydrogens (tertiary/aromatic N) is 1. The number of aryl methyl sites for hydroxylation is 1. The van der Waals surface area contributed by atoms with Crippen LogP contribution in [-0.4, -0.2) is 36.9 Å². The molecule has 2 aromatic carbocycles. The summed E-state index contributed by atoms with van der Waals surface area (Å²) in [6.45, 7) is 4.71. The fourth-order valence-electron chi connectivity index (χ4n) is 4.02. The Morgan fingerprint density at radius 1 is 1.14 bits per heavy atom. The van der Waals surface area contributed by atoms with Crippen LogP contribution >= 0.6 is 0 Å². The van der Waals surface area contributed by atoms with Gasteiger partial charge in [0.25, 0.3) is 0 Å². The van der Waals surface area contributed by atoms with E-state index in [9.17, 15) is 9.59 Å². The molecule has 5 heteroatoms. The quantitative estimate of drug-likeness (QED) is 0.813. The molecule has 1 aliphatic rings. The number of likely N-dealkylation sites (tertiary alicyclic amines) is 1. The number of rotatable bonds is 6. The molecule has 2 aromatic rings. The molecule has 0 aromatic heterocycles. The summed E-state index contributed by atoms with van der Waals surface area (Å²) in [5.74, 6) is 0.725. The molecule has 154 valence electrons. The SMILES string of the molecule is COc1ccc(CCNC(=O)C2CCC(c3cccc(C)c3)N(C(C)=O)C2)cc1. The van der Waals surface area contributed by atoms with E-state index < -0.39 is 0 Å². The summed E-state index contributed by atoms with van der Waals surface area (Å²) in [6, 6.07) is 16.2. The van der Waals surface area contributed by atoms with Crippen LogP contribution in [0.5, 0.6) is 5.75 Å². The lowest BCUT2D eigenvalue weighted by atomic mass is 9.88. The number of carbonyl (C=O) groups is 2. The molecular formula is C24H30N2O3. The summed E-state index contributed by atoms with van der Waals surface area (Å²) in [5.41, 5.74) is 3.49. The topological polar surface area (TPSA) is 58.6 Å². The minimum absolute atomic E-state index is 0.0206. The van der Waals surface area contributed by atoms with Crippen molar-refractivity contribution in [2.75, 3.05) is 20.2 Å². The third-order valence-corrected chi connectivity index (χ3v) is 5.66. The van der Waals surface area contributed by atoms with Gasteiger partial charge in [0.2, 0.25) is 11.8 Å². The van der Waals surface area contributed by atoms with Gasteiger partial charge in [0.05, 0.1) is 19.1 Å². The molecule has 0 radical (unpaired) electrons. The zero-order chi connectivity index (χ0) is 20.8. The van der Waals surface area contributed by atoms with Crippen LogP contribution in [0.4, 0.5) is 0 Å². The second-order valence-electron chi connectivity index (χ2n) is 7.76. The molecule has 29 heavy (non-hydrogen) atoms. The van der Waals surface area contributed by atoms with Gasteiger partial charge in [-0.3, -0.25) is 9.59 Å². The largest absolute Gasteiger partial charge is 0.497 e. The average Bonchev–Trinajstić information content (AvgIpc) is 2.73. The van der Waals surface area contributed by atoms with Crippen molar-refractivity contribution < 1.29 is 14.3 Å². The van der Waals surface area contributed by atoms with E-state index in [1.54, 1.807) is 14.0 Å².